The van der Waals surface area contributed by atoms with Crippen LogP contribution in [-0.2, 0) is 9.47 Å². The lowest BCUT2D eigenvalue weighted by Crippen LogP contribution is -2.35. The molecule has 2 heteroatoms. The van der Waals surface area contributed by atoms with Gasteiger partial charge in [-0.2, -0.15) is 0 Å². The summed E-state index contributed by atoms with van der Waals surface area (Å²) in [5.74, 6) is 2.11. The van der Waals surface area contributed by atoms with E-state index in [0.29, 0.717) is 11.8 Å². The maximum Gasteiger partial charge on any atom is 0.0974 e. The van der Waals surface area contributed by atoms with Crippen LogP contribution in [0.3, 0.4) is 0 Å². The summed E-state index contributed by atoms with van der Waals surface area (Å²) in [6.07, 6.45) is 6.68. The van der Waals surface area contributed by atoms with E-state index in [9.17, 15) is 0 Å². The summed E-state index contributed by atoms with van der Waals surface area (Å²) in [5, 5.41) is 0. The van der Waals surface area contributed by atoms with Gasteiger partial charge >= 0.3 is 0 Å². The highest BCUT2D eigenvalue weighted by atomic mass is 16.5. The zero-order valence-corrected chi connectivity index (χ0v) is 13.4. The molecule has 1 unspecified atom stereocenters. The first-order chi connectivity index (χ1) is 8.52. The van der Waals surface area contributed by atoms with Crippen LogP contribution < -0.4 is 0 Å². The van der Waals surface area contributed by atoms with Crippen LogP contribution in [0, 0.1) is 11.8 Å². The van der Waals surface area contributed by atoms with Crippen LogP contribution in [-0.4, -0.2) is 19.8 Å². The molecule has 0 spiro atoms. The Morgan fingerprint density at radius 1 is 1.00 bits per heavy atom. The van der Waals surface area contributed by atoms with Gasteiger partial charge in [0, 0.05) is 13.0 Å². The van der Waals surface area contributed by atoms with Crippen LogP contribution in [0.25, 0.3) is 0 Å². The second-order valence-electron chi connectivity index (χ2n) is 5.17. The molecule has 1 atom stereocenters. The van der Waals surface area contributed by atoms with Crippen molar-refractivity contribution in [2.75, 3.05) is 14.2 Å². The summed E-state index contributed by atoms with van der Waals surface area (Å²) in [6, 6.07) is 0. The Morgan fingerprint density at radius 3 is 1.78 bits per heavy atom. The molecule has 2 nitrogen and oxygen atoms in total. The van der Waals surface area contributed by atoms with Gasteiger partial charge in [0.15, 0.2) is 0 Å². The predicted octanol–water partition coefficient (Wildman–Crippen LogP) is 4.79. The van der Waals surface area contributed by atoms with E-state index in [4.69, 9.17) is 9.47 Å². The van der Waals surface area contributed by atoms with E-state index in [0.717, 1.165) is 31.4 Å². The van der Waals surface area contributed by atoms with E-state index in [1.165, 1.54) is 0 Å². The second-order valence-corrected chi connectivity index (χ2v) is 5.17. The van der Waals surface area contributed by atoms with Crippen LogP contribution in [0.1, 0.15) is 60.3 Å². The summed E-state index contributed by atoms with van der Waals surface area (Å²) in [4.78, 5) is 0. The lowest BCUT2D eigenvalue weighted by molar-refractivity contribution is -0.00948. The average Bonchev–Trinajstić information content (AvgIpc) is 2.40. The molecule has 0 aromatic rings. The second kappa shape index (κ2) is 8.58. The maximum absolute atomic E-state index is 5.80. The third-order valence-corrected chi connectivity index (χ3v) is 4.29. The molecule has 0 heterocycles. The predicted molar refractivity (Wildman–Crippen MR) is 78.7 cm³/mol. The van der Waals surface area contributed by atoms with E-state index in [-0.39, 0.29) is 5.60 Å². The minimum absolute atomic E-state index is 0.225. The molecule has 0 aliphatic carbocycles. The molecule has 0 N–H and O–H groups in total. The van der Waals surface area contributed by atoms with Crippen LogP contribution in [0.15, 0.2) is 11.8 Å². The molecular formula is C16H32O2. The largest absolute Gasteiger partial charge is 0.501 e. The Balaban J connectivity index is 5.24. The topological polar surface area (TPSA) is 18.5 Å². The van der Waals surface area contributed by atoms with Gasteiger partial charge in [0.05, 0.1) is 18.5 Å². The zero-order chi connectivity index (χ0) is 14.2. The zero-order valence-electron chi connectivity index (χ0n) is 13.4. The number of methoxy groups -OCH3 is 2. The molecule has 0 saturated carbocycles. The lowest BCUT2D eigenvalue weighted by Gasteiger charge is -2.34. The number of allylic oxidation sites excluding steroid dienone is 1. The van der Waals surface area contributed by atoms with Crippen LogP contribution in [0.4, 0.5) is 0 Å². The van der Waals surface area contributed by atoms with E-state index in [2.05, 4.69) is 40.7 Å². The Labute approximate surface area is 114 Å². The summed E-state index contributed by atoms with van der Waals surface area (Å²) >= 11 is 0. The summed E-state index contributed by atoms with van der Waals surface area (Å²) < 4.78 is 11.4. The molecule has 0 aromatic carbocycles. The Hall–Kier alpha value is -0.500. The number of ether oxygens (including phenoxy) is 2. The Kier molecular flexibility index (Phi) is 8.34. The van der Waals surface area contributed by atoms with E-state index < -0.39 is 0 Å². The highest BCUT2D eigenvalue weighted by Gasteiger charge is 2.31. The SMILES string of the molecule is CCC(CC)/C(=C/C(C)(OC)C(CC)CC)OC. The van der Waals surface area contributed by atoms with Crippen LogP contribution >= 0.6 is 0 Å². The first kappa shape index (κ1) is 17.5. The van der Waals surface area contributed by atoms with Gasteiger partial charge in [-0.3, -0.25) is 0 Å². The molecule has 0 amide bonds. The van der Waals surface area contributed by atoms with Crippen molar-refractivity contribution in [2.24, 2.45) is 11.8 Å². The number of hydrogen-bond donors (Lipinski definition) is 0. The quantitative estimate of drug-likeness (QED) is 0.552. The average molecular weight is 256 g/mol. The van der Waals surface area contributed by atoms with Crippen molar-refractivity contribution >= 4 is 0 Å². The minimum atomic E-state index is -0.225. The Morgan fingerprint density at radius 2 is 1.50 bits per heavy atom. The summed E-state index contributed by atoms with van der Waals surface area (Å²) in [5.41, 5.74) is -0.225. The standard InChI is InChI=1S/C16H32O2/c1-8-13(9-2)15(17-6)12-16(5,18-7)14(10-3)11-4/h12-14H,8-11H2,1-7H3/b15-12-. The van der Waals surface area contributed by atoms with Crippen LogP contribution in [0.2, 0.25) is 0 Å². The van der Waals surface area contributed by atoms with Crippen molar-refractivity contribution in [3.8, 4) is 0 Å². The van der Waals surface area contributed by atoms with Crippen LogP contribution in [0.5, 0.6) is 0 Å². The monoisotopic (exact) mass is 256 g/mol. The van der Waals surface area contributed by atoms with Crippen molar-refractivity contribution in [2.45, 2.75) is 65.9 Å². The van der Waals surface area contributed by atoms with Gasteiger partial charge in [-0.25, -0.2) is 0 Å². The molecule has 0 rings (SSSR count). The highest BCUT2D eigenvalue weighted by molar-refractivity contribution is 5.10. The summed E-state index contributed by atoms with van der Waals surface area (Å²) in [6.45, 7) is 11.0. The number of rotatable bonds is 9. The molecule has 0 fully saturated rings. The fourth-order valence-corrected chi connectivity index (χ4v) is 2.76. The molecular weight excluding hydrogens is 224 g/mol. The normalized spacial score (nSPS) is 16.2. The van der Waals surface area contributed by atoms with Gasteiger partial charge in [0.25, 0.3) is 0 Å². The highest BCUT2D eigenvalue weighted by Crippen LogP contribution is 2.32. The van der Waals surface area contributed by atoms with Gasteiger partial charge in [0.1, 0.15) is 0 Å². The van der Waals surface area contributed by atoms with Gasteiger partial charge in [-0.05, 0) is 31.8 Å². The molecule has 108 valence electrons. The first-order valence-corrected chi connectivity index (χ1v) is 7.34. The minimum Gasteiger partial charge on any atom is -0.501 e. The molecule has 0 aromatic heterocycles. The molecule has 0 aliphatic rings. The van der Waals surface area contributed by atoms with E-state index in [1.54, 1.807) is 14.2 Å². The third kappa shape index (κ3) is 4.31. The van der Waals surface area contributed by atoms with Gasteiger partial charge < -0.3 is 9.47 Å². The van der Waals surface area contributed by atoms with Crippen molar-refractivity contribution in [1.29, 1.82) is 0 Å². The summed E-state index contributed by atoms with van der Waals surface area (Å²) in [7, 11) is 3.57. The van der Waals surface area contributed by atoms with Gasteiger partial charge in [-0.15, -0.1) is 0 Å². The third-order valence-electron chi connectivity index (χ3n) is 4.29. The molecule has 0 aliphatic heterocycles. The van der Waals surface area contributed by atoms with Crippen molar-refractivity contribution in [3.63, 3.8) is 0 Å². The molecule has 0 radical (unpaired) electrons. The van der Waals surface area contributed by atoms with Gasteiger partial charge in [0.2, 0.25) is 0 Å². The lowest BCUT2D eigenvalue weighted by atomic mass is 9.82. The van der Waals surface area contributed by atoms with E-state index in [1.807, 2.05) is 0 Å². The fourth-order valence-electron chi connectivity index (χ4n) is 2.76. The molecule has 0 saturated heterocycles. The van der Waals surface area contributed by atoms with Crippen molar-refractivity contribution in [3.05, 3.63) is 11.8 Å². The molecule has 0 bridgehead atoms. The molecule has 18 heavy (non-hydrogen) atoms. The fraction of sp³-hybridized carbons (Fsp3) is 0.875. The maximum atomic E-state index is 5.80. The Bertz CT molecular complexity index is 239. The van der Waals surface area contributed by atoms with Gasteiger partial charge in [-0.1, -0.05) is 40.5 Å². The van der Waals surface area contributed by atoms with Crippen molar-refractivity contribution < 1.29 is 9.47 Å². The smallest absolute Gasteiger partial charge is 0.0974 e. The first-order valence-electron chi connectivity index (χ1n) is 7.34. The van der Waals surface area contributed by atoms with E-state index >= 15 is 0 Å². The number of hydrogen-bond acceptors (Lipinski definition) is 2. The van der Waals surface area contributed by atoms with Crippen molar-refractivity contribution in [1.82, 2.24) is 0 Å².